The molecule has 1 aromatic heterocycles. The van der Waals surface area contributed by atoms with Crippen molar-refractivity contribution in [2.75, 3.05) is 6.61 Å². The highest BCUT2D eigenvalue weighted by Crippen LogP contribution is 2.31. The standard InChI is InChI=1S/C26H27NO5/c1-3-5-16-6-9-18-19-10-7-17(14-21(19)27(12-4-2)20(18)13-16)8-11-22-24(29)26(31)25(30)23(15-28)32-22/h6-7,9-10,13-14,22-26,28-31H,4,12,15H2,1-2H3/t22?,23?,24?,25-,26?/m1/s1. The summed E-state index contributed by atoms with van der Waals surface area (Å²) in [6.45, 7) is 4.34. The zero-order valence-corrected chi connectivity index (χ0v) is 18.1. The molecule has 2 aromatic carbocycles. The predicted octanol–water partition coefficient (Wildman–Crippen LogP) is 1.77. The summed E-state index contributed by atoms with van der Waals surface area (Å²) in [5.41, 5.74) is 3.90. The second kappa shape index (κ2) is 9.34. The molecule has 4 N–H and O–H groups in total. The lowest BCUT2D eigenvalue weighted by Crippen LogP contribution is -2.58. The van der Waals surface area contributed by atoms with E-state index in [2.05, 4.69) is 47.3 Å². The first kappa shape index (κ1) is 22.4. The van der Waals surface area contributed by atoms with Crippen LogP contribution >= 0.6 is 0 Å². The van der Waals surface area contributed by atoms with Gasteiger partial charge >= 0.3 is 0 Å². The lowest BCUT2D eigenvalue weighted by molar-refractivity contribution is -0.214. The summed E-state index contributed by atoms with van der Waals surface area (Å²) >= 11 is 0. The van der Waals surface area contributed by atoms with E-state index in [0.717, 1.165) is 45.9 Å². The Hall–Kier alpha value is -2.84. The molecule has 1 saturated heterocycles. The van der Waals surface area contributed by atoms with Gasteiger partial charge in [0.05, 0.1) is 17.6 Å². The Bertz CT molecular complexity index is 1250. The minimum absolute atomic E-state index is 0.476. The van der Waals surface area contributed by atoms with Crippen LogP contribution in [0.25, 0.3) is 21.8 Å². The first-order valence-electron chi connectivity index (χ1n) is 10.8. The second-order valence-corrected chi connectivity index (χ2v) is 8.01. The largest absolute Gasteiger partial charge is 0.394 e. The monoisotopic (exact) mass is 433 g/mol. The quantitative estimate of drug-likeness (QED) is 0.473. The third kappa shape index (κ3) is 4.00. The molecular weight excluding hydrogens is 406 g/mol. The van der Waals surface area contributed by atoms with Gasteiger partial charge in [0.2, 0.25) is 0 Å². The molecule has 0 saturated carbocycles. The fraction of sp³-hybridized carbons (Fsp3) is 0.385. The molecule has 1 fully saturated rings. The second-order valence-electron chi connectivity index (χ2n) is 8.01. The summed E-state index contributed by atoms with van der Waals surface area (Å²) in [5.74, 6) is 11.9. The number of aromatic nitrogens is 1. The van der Waals surface area contributed by atoms with Crippen LogP contribution < -0.4 is 0 Å². The number of ether oxygens (including phenoxy) is 1. The van der Waals surface area contributed by atoms with Gasteiger partial charge in [-0.2, -0.15) is 0 Å². The third-order valence-electron chi connectivity index (χ3n) is 5.83. The normalized spacial score (nSPS) is 25.2. The molecule has 0 bridgehead atoms. The number of hydrogen-bond donors (Lipinski definition) is 4. The fourth-order valence-corrected chi connectivity index (χ4v) is 4.23. The Morgan fingerprint density at radius 3 is 2.09 bits per heavy atom. The summed E-state index contributed by atoms with van der Waals surface area (Å²) < 4.78 is 7.75. The Balaban J connectivity index is 1.75. The Kier molecular flexibility index (Phi) is 6.53. The molecule has 166 valence electrons. The topological polar surface area (TPSA) is 95.1 Å². The lowest BCUT2D eigenvalue weighted by Gasteiger charge is -2.37. The van der Waals surface area contributed by atoms with Crippen molar-refractivity contribution < 1.29 is 25.2 Å². The van der Waals surface area contributed by atoms with Crippen molar-refractivity contribution in [3.63, 3.8) is 0 Å². The fourth-order valence-electron chi connectivity index (χ4n) is 4.23. The summed E-state index contributed by atoms with van der Waals surface area (Å²) in [4.78, 5) is 0. The van der Waals surface area contributed by atoms with Crippen LogP contribution in [0.1, 0.15) is 31.4 Å². The van der Waals surface area contributed by atoms with Crippen molar-refractivity contribution in [3.8, 4) is 23.7 Å². The van der Waals surface area contributed by atoms with Gasteiger partial charge in [0, 0.05) is 28.4 Å². The maximum Gasteiger partial charge on any atom is 0.147 e. The van der Waals surface area contributed by atoms with E-state index in [0.29, 0.717) is 0 Å². The number of nitrogens with zero attached hydrogens (tertiary/aromatic N) is 1. The van der Waals surface area contributed by atoms with Crippen LogP contribution in [0.4, 0.5) is 0 Å². The molecule has 32 heavy (non-hydrogen) atoms. The van der Waals surface area contributed by atoms with E-state index in [9.17, 15) is 20.4 Å². The average Bonchev–Trinajstić information content (AvgIpc) is 3.10. The van der Waals surface area contributed by atoms with Gasteiger partial charge in [-0.1, -0.05) is 36.8 Å². The molecule has 0 aliphatic carbocycles. The number of hydrogen-bond acceptors (Lipinski definition) is 5. The molecule has 3 aromatic rings. The van der Waals surface area contributed by atoms with Gasteiger partial charge < -0.3 is 29.7 Å². The molecule has 1 aliphatic rings. The first-order chi connectivity index (χ1) is 15.5. The summed E-state index contributed by atoms with van der Waals surface area (Å²) in [7, 11) is 0. The van der Waals surface area contributed by atoms with Crippen molar-refractivity contribution in [3.05, 3.63) is 47.5 Å². The van der Waals surface area contributed by atoms with Crippen LogP contribution in [0.15, 0.2) is 36.4 Å². The number of fused-ring (bicyclic) bond motifs is 3. The molecule has 6 heteroatoms. The highest BCUT2D eigenvalue weighted by atomic mass is 16.5. The van der Waals surface area contributed by atoms with Gasteiger partial charge in [-0.25, -0.2) is 0 Å². The van der Waals surface area contributed by atoms with Crippen molar-refractivity contribution in [1.82, 2.24) is 4.57 Å². The maximum absolute atomic E-state index is 10.2. The van der Waals surface area contributed by atoms with Gasteiger partial charge in [0.15, 0.2) is 0 Å². The van der Waals surface area contributed by atoms with E-state index in [1.807, 2.05) is 31.2 Å². The minimum Gasteiger partial charge on any atom is -0.394 e. The number of aliphatic hydroxyl groups excluding tert-OH is 4. The molecule has 0 radical (unpaired) electrons. The van der Waals surface area contributed by atoms with Crippen LogP contribution in [0.5, 0.6) is 0 Å². The Morgan fingerprint density at radius 1 is 0.906 bits per heavy atom. The molecular formula is C26H27NO5. The van der Waals surface area contributed by atoms with Gasteiger partial charge in [-0.15, -0.1) is 5.92 Å². The van der Waals surface area contributed by atoms with Crippen molar-refractivity contribution >= 4 is 21.8 Å². The molecule has 6 nitrogen and oxygen atoms in total. The van der Waals surface area contributed by atoms with Crippen LogP contribution in [0.2, 0.25) is 0 Å². The first-order valence-corrected chi connectivity index (χ1v) is 10.8. The summed E-state index contributed by atoms with van der Waals surface area (Å²) in [5, 5.41) is 41.8. The molecule has 4 unspecified atom stereocenters. The number of aliphatic hydroxyl groups is 4. The van der Waals surface area contributed by atoms with Crippen LogP contribution in [-0.4, -0.2) is 62.1 Å². The van der Waals surface area contributed by atoms with E-state index < -0.39 is 37.1 Å². The molecule has 0 amide bonds. The lowest BCUT2D eigenvalue weighted by atomic mass is 9.95. The number of rotatable bonds is 3. The highest BCUT2D eigenvalue weighted by molar-refractivity contribution is 6.08. The molecule has 2 heterocycles. The van der Waals surface area contributed by atoms with Crippen molar-refractivity contribution in [1.29, 1.82) is 0 Å². The van der Waals surface area contributed by atoms with E-state index in [4.69, 9.17) is 4.74 Å². The van der Waals surface area contributed by atoms with Gasteiger partial charge in [-0.05, 0) is 37.6 Å². The number of aryl methyl sites for hydroxylation is 1. The minimum atomic E-state index is -1.44. The highest BCUT2D eigenvalue weighted by Gasteiger charge is 2.42. The predicted molar refractivity (Wildman–Crippen MR) is 123 cm³/mol. The Morgan fingerprint density at radius 2 is 1.53 bits per heavy atom. The van der Waals surface area contributed by atoms with E-state index in [1.54, 1.807) is 0 Å². The molecule has 0 spiro atoms. The van der Waals surface area contributed by atoms with Crippen LogP contribution in [0.3, 0.4) is 0 Å². The Labute approximate surface area is 187 Å². The van der Waals surface area contributed by atoms with Crippen molar-refractivity contribution in [2.24, 2.45) is 0 Å². The summed E-state index contributed by atoms with van der Waals surface area (Å²) in [6.07, 6.45) is -5.20. The zero-order chi connectivity index (χ0) is 22.8. The molecule has 1 aliphatic heterocycles. The van der Waals surface area contributed by atoms with E-state index >= 15 is 0 Å². The average molecular weight is 434 g/mol. The molecule has 4 rings (SSSR count). The van der Waals surface area contributed by atoms with E-state index in [1.165, 1.54) is 0 Å². The van der Waals surface area contributed by atoms with Gasteiger partial charge in [-0.3, -0.25) is 0 Å². The smallest absolute Gasteiger partial charge is 0.147 e. The zero-order valence-electron chi connectivity index (χ0n) is 18.1. The SMILES string of the molecule is CC#Cc1ccc2c3ccc(C#CC4OC(CO)[C@@H](O)C(O)C4O)cc3n(CCC)c2c1. The van der Waals surface area contributed by atoms with Gasteiger partial charge in [0.1, 0.15) is 30.5 Å². The molecule has 5 atom stereocenters. The van der Waals surface area contributed by atoms with Crippen LogP contribution in [0, 0.1) is 23.7 Å². The van der Waals surface area contributed by atoms with Crippen LogP contribution in [-0.2, 0) is 11.3 Å². The van der Waals surface area contributed by atoms with Crippen molar-refractivity contribution in [2.45, 2.75) is 57.3 Å². The maximum atomic E-state index is 10.2. The van der Waals surface area contributed by atoms with Gasteiger partial charge in [0.25, 0.3) is 0 Å². The third-order valence-corrected chi connectivity index (χ3v) is 5.83. The summed E-state index contributed by atoms with van der Waals surface area (Å²) in [6, 6.07) is 12.2. The van der Waals surface area contributed by atoms with E-state index in [-0.39, 0.29) is 0 Å². The number of benzene rings is 2.